The van der Waals surface area contributed by atoms with Gasteiger partial charge in [0.2, 0.25) is 0 Å². The summed E-state index contributed by atoms with van der Waals surface area (Å²) in [6.45, 7) is 0.545. The third kappa shape index (κ3) is 3.58. The van der Waals surface area contributed by atoms with Gasteiger partial charge < -0.3 is 25.6 Å². The van der Waals surface area contributed by atoms with E-state index in [-0.39, 0.29) is 12.0 Å². The molecule has 2 atom stereocenters. The first-order chi connectivity index (χ1) is 10.0. The van der Waals surface area contributed by atoms with Crippen LogP contribution in [0.3, 0.4) is 0 Å². The minimum Gasteiger partial charge on any atom is -0.493 e. The average molecular weight is 294 g/mol. The third-order valence-corrected chi connectivity index (χ3v) is 3.87. The summed E-state index contributed by atoms with van der Waals surface area (Å²) in [5.41, 5.74) is 6.60. The Kier molecular flexibility index (Phi) is 4.90. The second-order valence-corrected chi connectivity index (χ2v) is 5.34. The molecule has 0 heterocycles. The van der Waals surface area contributed by atoms with Crippen LogP contribution >= 0.6 is 0 Å². The number of anilines is 1. The monoisotopic (exact) mass is 294 g/mol. The number of amides is 1. The number of aliphatic hydroxyl groups is 1. The Morgan fingerprint density at radius 1 is 1.33 bits per heavy atom. The lowest BCUT2D eigenvalue weighted by Crippen LogP contribution is -2.29. The molecule has 1 aliphatic carbocycles. The van der Waals surface area contributed by atoms with E-state index in [9.17, 15) is 9.90 Å². The lowest BCUT2D eigenvalue weighted by molar-refractivity contribution is 0.0945. The molecule has 1 fully saturated rings. The summed E-state index contributed by atoms with van der Waals surface area (Å²) in [6.07, 6.45) is 2.24. The molecule has 0 bridgehead atoms. The average Bonchev–Trinajstić information content (AvgIpc) is 2.90. The largest absolute Gasteiger partial charge is 0.493 e. The Morgan fingerprint density at radius 3 is 2.57 bits per heavy atom. The quantitative estimate of drug-likeness (QED) is 0.709. The van der Waals surface area contributed by atoms with Crippen molar-refractivity contribution < 1.29 is 19.4 Å². The number of carbonyl (C=O) groups is 1. The van der Waals surface area contributed by atoms with Crippen molar-refractivity contribution in [3.05, 3.63) is 17.7 Å². The summed E-state index contributed by atoms with van der Waals surface area (Å²) < 4.78 is 10.3. The fourth-order valence-corrected chi connectivity index (χ4v) is 2.66. The fourth-order valence-electron chi connectivity index (χ4n) is 2.66. The van der Waals surface area contributed by atoms with Gasteiger partial charge in [-0.15, -0.1) is 0 Å². The van der Waals surface area contributed by atoms with Gasteiger partial charge in [-0.2, -0.15) is 0 Å². The van der Waals surface area contributed by atoms with E-state index in [2.05, 4.69) is 5.32 Å². The predicted molar refractivity (Wildman–Crippen MR) is 79.6 cm³/mol. The highest BCUT2D eigenvalue weighted by molar-refractivity contribution is 6.00. The van der Waals surface area contributed by atoms with Crippen LogP contribution in [0.1, 0.15) is 29.6 Å². The summed E-state index contributed by atoms with van der Waals surface area (Å²) in [6, 6.07) is 3.15. The van der Waals surface area contributed by atoms with Crippen molar-refractivity contribution in [3.63, 3.8) is 0 Å². The molecule has 1 amide bonds. The van der Waals surface area contributed by atoms with Crippen molar-refractivity contribution >= 4 is 11.6 Å². The normalized spacial score (nSPS) is 21.1. The predicted octanol–water partition coefficient (Wildman–Crippen LogP) is 1.18. The van der Waals surface area contributed by atoms with Crippen LogP contribution in [0.5, 0.6) is 11.5 Å². The zero-order chi connectivity index (χ0) is 15.4. The van der Waals surface area contributed by atoms with E-state index in [0.29, 0.717) is 35.2 Å². The smallest absolute Gasteiger partial charge is 0.253 e. The van der Waals surface area contributed by atoms with Gasteiger partial charge >= 0.3 is 0 Å². The molecule has 1 saturated carbocycles. The van der Waals surface area contributed by atoms with Crippen LogP contribution in [-0.4, -0.2) is 37.9 Å². The van der Waals surface area contributed by atoms with Crippen LogP contribution in [-0.2, 0) is 0 Å². The van der Waals surface area contributed by atoms with Crippen molar-refractivity contribution in [1.82, 2.24) is 5.32 Å². The number of aliphatic hydroxyl groups excluding tert-OH is 1. The standard InChI is InChI=1S/C15H22N2O4/c1-20-13-6-11(12(16)7-14(13)21-2)15(19)17-8-9-3-4-10(18)5-9/h6-7,9-10,18H,3-5,8,16H2,1-2H3,(H,17,19). The number of hydrogen-bond donors (Lipinski definition) is 3. The summed E-state index contributed by atoms with van der Waals surface area (Å²) in [7, 11) is 3.03. The highest BCUT2D eigenvalue weighted by atomic mass is 16.5. The Balaban J connectivity index is 2.04. The molecule has 1 aromatic rings. The lowest BCUT2D eigenvalue weighted by atomic mass is 10.1. The molecular formula is C15H22N2O4. The maximum atomic E-state index is 12.2. The van der Waals surface area contributed by atoms with Crippen molar-refractivity contribution in [3.8, 4) is 11.5 Å². The van der Waals surface area contributed by atoms with E-state index in [1.165, 1.54) is 14.2 Å². The molecule has 116 valence electrons. The summed E-state index contributed by atoms with van der Waals surface area (Å²) in [5, 5.41) is 12.4. The SMILES string of the molecule is COc1cc(N)c(C(=O)NCC2CCC(O)C2)cc1OC. The molecular weight excluding hydrogens is 272 g/mol. The van der Waals surface area contributed by atoms with Crippen molar-refractivity contribution in [2.24, 2.45) is 5.92 Å². The number of nitrogens with two attached hydrogens (primary N) is 1. The highest BCUT2D eigenvalue weighted by Gasteiger charge is 2.23. The Bertz CT molecular complexity index is 519. The number of methoxy groups -OCH3 is 2. The zero-order valence-corrected chi connectivity index (χ0v) is 12.4. The molecule has 4 N–H and O–H groups in total. The molecule has 6 nitrogen and oxygen atoms in total. The molecule has 0 spiro atoms. The second kappa shape index (κ2) is 6.67. The fraction of sp³-hybridized carbons (Fsp3) is 0.533. The molecule has 6 heteroatoms. The number of carbonyl (C=O) groups excluding carboxylic acids is 1. The summed E-state index contributed by atoms with van der Waals surface area (Å²) in [4.78, 5) is 12.2. The first-order valence-electron chi connectivity index (χ1n) is 7.03. The highest BCUT2D eigenvalue weighted by Crippen LogP contribution is 2.32. The molecule has 0 aromatic heterocycles. The molecule has 2 unspecified atom stereocenters. The van der Waals surface area contributed by atoms with Gasteiger partial charge in [-0.05, 0) is 31.2 Å². The molecule has 1 aromatic carbocycles. The van der Waals surface area contributed by atoms with Gasteiger partial charge in [-0.25, -0.2) is 0 Å². The Labute approximate surface area is 124 Å². The maximum absolute atomic E-state index is 12.2. The van der Waals surface area contributed by atoms with Crippen LogP contribution in [0.15, 0.2) is 12.1 Å². The lowest BCUT2D eigenvalue weighted by Gasteiger charge is -2.14. The molecule has 1 aliphatic rings. The van der Waals surface area contributed by atoms with Gasteiger partial charge in [-0.3, -0.25) is 4.79 Å². The van der Waals surface area contributed by atoms with Crippen LogP contribution in [0.25, 0.3) is 0 Å². The van der Waals surface area contributed by atoms with E-state index in [1.54, 1.807) is 12.1 Å². The van der Waals surface area contributed by atoms with E-state index in [0.717, 1.165) is 19.3 Å². The molecule has 21 heavy (non-hydrogen) atoms. The molecule has 0 aliphatic heterocycles. The van der Waals surface area contributed by atoms with Crippen LogP contribution in [0, 0.1) is 5.92 Å². The number of ether oxygens (including phenoxy) is 2. The zero-order valence-electron chi connectivity index (χ0n) is 12.4. The van der Waals surface area contributed by atoms with E-state index >= 15 is 0 Å². The van der Waals surface area contributed by atoms with Crippen LogP contribution in [0.2, 0.25) is 0 Å². The van der Waals surface area contributed by atoms with Gasteiger partial charge in [0.15, 0.2) is 11.5 Å². The number of nitrogens with one attached hydrogen (secondary N) is 1. The van der Waals surface area contributed by atoms with Gasteiger partial charge in [0.05, 0.1) is 25.9 Å². The van der Waals surface area contributed by atoms with Crippen LogP contribution < -0.4 is 20.5 Å². The topological polar surface area (TPSA) is 93.8 Å². The number of nitrogen functional groups attached to an aromatic ring is 1. The summed E-state index contributed by atoms with van der Waals surface area (Å²) >= 11 is 0. The second-order valence-electron chi connectivity index (χ2n) is 5.34. The van der Waals surface area contributed by atoms with E-state index < -0.39 is 0 Å². The minimum atomic E-state index is -0.241. The van der Waals surface area contributed by atoms with Crippen molar-refractivity contribution in [2.45, 2.75) is 25.4 Å². The number of benzene rings is 1. The number of hydrogen-bond acceptors (Lipinski definition) is 5. The summed E-state index contributed by atoms with van der Waals surface area (Å²) in [5.74, 6) is 1.04. The van der Waals surface area contributed by atoms with Gasteiger partial charge in [0.1, 0.15) is 0 Å². The number of rotatable bonds is 5. The van der Waals surface area contributed by atoms with E-state index in [1.807, 2.05) is 0 Å². The van der Waals surface area contributed by atoms with Crippen molar-refractivity contribution in [2.75, 3.05) is 26.5 Å². The molecule has 0 radical (unpaired) electrons. The van der Waals surface area contributed by atoms with Gasteiger partial charge in [0, 0.05) is 18.3 Å². The Morgan fingerprint density at radius 2 is 2.00 bits per heavy atom. The van der Waals surface area contributed by atoms with E-state index in [4.69, 9.17) is 15.2 Å². The first-order valence-corrected chi connectivity index (χ1v) is 7.03. The third-order valence-electron chi connectivity index (χ3n) is 3.87. The van der Waals surface area contributed by atoms with Crippen molar-refractivity contribution in [1.29, 1.82) is 0 Å². The molecule has 2 rings (SSSR count). The van der Waals surface area contributed by atoms with Gasteiger partial charge in [0.25, 0.3) is 5.91 Å². The molecule has 0 saturated heterocycles. The van der Waals surface area contributed by atoms with Gasteiger partial charge in [-0.1, -0.05) is 0 Å². The minimum absolute atomic E-state index is 0.238. The van der Waals surface area contributed by atoms with Crippen LogP contribution in [0.4, 0.5) is 5.69 Å². The maximum Gasteiger partial charge on any atom is 0.253 e. The Hall–Kier alpha value is -1.95. The first kappa shape index (κ1) is 15.4.